The van der Waals surface area contributed by atoms with Crippen LogP contribution in [0.5, 0.6) is 0 Å². The molecule has 0 N–H and O–H groups in total. The van der Waals surface area contributed by atoms with Crippen LogP contribution in [-0.2, 0) is 5.41 Å². The standard InChI is InChI=1S/C41H28N2S/c1-41(2)33-18-10-8-17-30(33)39-29-16-7-6-14-27(29)31(23-34(39)41)36-24-35(42-40(43-36)25-12-4-3-5-13-25)26-20-21-38-32(22-26)28-15-9-11-19-37(28)44-38/h3-24H,1-2H3. The zero-order valence-electron chi connectivity index (χ0n) is 24.5. The first-order valence-electron chi connectivity index (χ1n) is 15.1. The van der Waals surface area contributed by atoms with Gasteiger partial charge in [0.25, 0.3) is 0 Å². The van der Waals surface area contributed by atoms with Crippen molar-refractivity contribution in [3.05, 3.63) is 145 Å². The van der Waals surface area contributed by atoms with Crippen molar-refractivity contribution in [2.24, 2.45) is 0 Å². The van der Waals surface area contributed by atoms with E-state index in [9.17, 15) is 0 Å². The van der Waals surface area contributed by atoms with Gasteiger partial charge in [0.2, 0.25) is 0 Å². The third-order valence-corrected chi connectivity index (χ3v) is 10.4. The van der Waals surface area contributed by atoms with Gasteiger partial charge in [-0.05, 0) is 63.4 Å². The normalized spacial score (nSPS) is 13.4. The predicted molar refractivity (Wildman–Crippen MR) is 186 cm³/mol. The molecule has 1 aliphatic carbocycles. The molecule has 9 rings (SSSR count). The zero-order chi connectivity index (χ0) is 29.4. The van der Waals surface area contributed by atoms with Crippen LogP contribution in [0.4, 0.5) is 0 Å². The Bertz CT molecular complexity index is 2420. The van der Waals surface area contributed by atoms with Crippen molar-refractivity contribution in [3.63, 3.8) is 0 Å². The highest BCUT2D eigenvalue weighted by Gasteiger charge is 2.37. The lowest BCUT2D eigenvalue weighted by atomic mass is 9.81. The van der Waals surface area contributed by atoms with Crippen LogP contribution in [0.15, 0.2) is 133 Å². The SMILES string of the molecule is CC1(C)c2ccccc2-c2c1cc(-c1cc(-c3ccc4sc5ccccc5c4c3)nc(-c3ccccc3)n1)c1ccccc21. The molecule has 44 heavy (non-hydrogen) atoms. The van der Waals surface area contributed by atoms with Crippen molar-refractivity contribution in [3.8, 4) is 45.0 Å². The average molecular weight is 581 g/mol. The predicted octanol–water partition coefficient (Wildman–Crippen LogP) is 11.3. The van der Waals surface area contributed by atoms with Crippen LogP contribution in [0, 0.1) is 0 Å². The molecule has 208 valence electrons. The number of hydrogen-bond donors (Lipinski definition) is 0. The van der Waals surface area contributed by atoms with E-state index in [1.54, 1.807) is 0 Å². The van der Waals surface area contributed by atoms with Gasteiger partial charge in [-0.25, -0.2) is 9.97 Å². The molecule has 0 atom stereocenters. The molecular formula is C41H28N2S. The maximum Gasteiger partial charge on any atom is 0.160 e. The van der Waals surface area contributed by atoms with Gasteiger partial charge in [0, 0.05) is 42.3 Å². The Kier molecular flexibility index (Phi) is 5.45. The first kappa shape index (κ1) is 25.4. The number of aromatic nitrogens is 2. The average Bonchev–Trinajstić information content (AvgIpc) is 3.56. The van der Waals surface area contributed by atoms with Gasteiger partial charge in [-0.15, -0.1) is 11.3 Å². The molecular weight excluding hydrogens is 553 g/mol. The van der Waals surface area contributed by atoms with Crippen LogP contribution >= 0.6 is 11.3 Å². The van der Waals surface area contributed by atoms with Crippen molar-refractivity contribution >= 4 is 42.3 Å². The van der Waals surface area contributed by atoms with Gasteiger partial charge < -0.3 is 0 Å². The Labute approximate surface area is 260 Å². The minimum absolute atomic E-state index is 0.117. The number of rotatable bonds is 3. The van der Waals surface area contributed by atoms with E-state index in [1.165, 1.54) is 53.2 Å². The number of thiophene rings is 1. The van der Waals surface area contributed by atoms with Gasteiger partial charge in [0.1, 0.15) is 0 Å². The summed E-state index contributed by atoms with van der Waals surface area (Å²) in [7, 11) is 0. The van der Waals surface area contributed by atoms with E-state index in [0.717, 1.165) is 33.9 Å². The topological polar surface area (TPSA) is 25.8 Å². The lowest BCUT2D eigenvalue weighted by Gasteiger charge is -2.23. The fraction of sp³-hybridized carbons (Fsp3) is 0.0732. The molecule has 0 saturated heterocycles. The molecule has 3 heteroatoms. The maximum absolute atomic E-state index is 5.27. The van der Waals surface area contributed by atoms with Gasteiger partial charge in [-0.3, -0.25) is 0 Å². The summed E-state index contributed by atoms with van der Waals surface area (Å²) in [6.07, 6.45) is 0. The largest absolute Gasteiger partial charge is 0.228 e. The lowest BCUT2D eigenvalue weighted by Crippen LogP contribution is -2.15. The molecule has 2 nitrogen and oxygen atoms in total. The molecule has 0 bridgehead atoms. The van der Waals surface area contributed by atoms with E-state index in [4.69, 9.17) is 9.97 Å². The molecule has 0 radical (unpaired) electrons. The summed E-state index contributed by atoms with van der Waals surface area (Å²) in [5.41, 5.74) is 10.4. The fourth-order valence-corrected chi connectivity index (χ4v) is 8.18. The molecule has 2 aromatic heterocycles. The van der Waals surface area contributed by atoms with Crippen LogP contribution in [0.25, 0.3) is 76.0 Å². The molecule has 0 unspecified atom stereocenters. The van der Waals surface area contributed by atoms with Crippen LogP contribution in [0.2, 0.25) is 0 Å². The molecule has 0 spiro atoms. The zero-order valence-corrected chi connectivity index (χ0v) is 25.3. The summed E-state index contributed by atoms with van der Waals surface area (Å²) in [6.45, 7) is 4.69. The summed E-state index contributed by atoms with van der Waals surface area (Å²) in [5, 5.41) is 5.04. The van der Waals surface area contributed by atoms with Gasteiger partial charge in [-0.1, -0.05) is 117 Å². The number of benzene rings is 6. The van der Waals surface area contributed by atoms with Crippen molar-refractivity contribution in [1.29, 1.82) is 0 Å². The van der Waals surface area contributed by atoms with E-state index in [2.05, 4.69) is 141 Å². The Morgan fingerprint density at radius 1 is 0.477 bits per heavy atom. The highest BCUT2D eigenvalue weighted by atomic mass is 32.1. The first-order valence-corrected chi connectivity index (χ1v) is 15.9. The summed E-state index contributed by atoms with van der Waals surface area (Å²) < 4.78 is 2.60. The Morgan fingerprint density at radius 2 is 1.16 bits per heavy atom. The molecule has 0 saturated carbocycles. The van der Waals surface area contributed by atoms with Crippen molar-refractivity contribution in [2.45, 2.75) is 19.3 Å². The quantitative estimate of drug-likeness (QED) is 0.208. The van der Waals surface area contributed by atoms with Crippen LogP contribution in [-0.4, -0.2) is 9.97 Å². The minimum Gasteiger partial charge on any atom is -0.228 e. The second-order valence-electron chi connectivity index (χ2n) is 12.2. The second-order valence-corrected chi connectivity index (χ2v) is 13.3. The van der Waals surface area contributed by atoms with Crippen LogP contribution < -0.4 is 0 Å². The summed E-state index contributed by atoms with van der Waals surface area (Å²) in [6, 6.07) is 48.0. The van der Waals surface area contributed by atoms with Crippen LogP contribution in [0.3, 0.4) is 0 Å². The van der Waals surface area contributed by atoms with E-state index < -0.39 is 0 Å². The number of hydrogen-bond acceptors (Lipinski definition) is 3. The Hall–Kier alpha value is -5.12. The molecule has 0 fully saturated rings. The smallest absolute Gasteiger partial charge is 0.160 e. The molecule has 0 amide bonds. The van der Waals surface area contributed by atoms with Crippen molar-refractivity contribution in [1.82, 2.24) is 9.97 Å². The minimum atomic E-state index is -0.117. The second kappa shape index (κ2) is 9.44. The van der Waals surface area contributed by atoms with Crippen LogP contribution in [0.1, 0.15) is 25.0 Å². The number of nitrogens with zero attached hydrogens (tertiary/aromatic N) is 2. The molecule has 2 heterocycles. The highest BCUT2D eigenvalue weighted by Crippen LogP contribution is 2.53. The number of fused-ring (bicyclic) bond motifs is 8. The van der Waals surface area contributed by atoms with Gasteiger partial charge in [0.05, 0.1) is 11.4 Å². The summed E-state index contributed by atoms with van der Waals surface area (Å²) >= 11 is 1.84. The fourth-order valence-electron chi connectivity index (χ4n) is 7.10. The first-order chi connectivity index (χ1) is 21.6. The van der Waals surface area contributed by atoms with Gasteiger partial charge in [-0.2, -0.15) is 0 Å². The van der Waals surface area contributed by atoms with Gasteiger partial charge >= 0.3 is 0 Å². The molecule has 1 aliphatic rings. The summed E-state index contributed by atoms with van der Waals surface area (Å²) in [5.74, 6) is 0.737. The lowest BCUT2D eigenvalue weighted by molar-refractivity contribution is 0.661. The van der Waals surface area contributed by atoms with Crippen molar-refractivity contribution in [2.75, 3.05) is 0 Å². The third-order valence-electron chi connectivity index (χ3n) is 9.29. The van der Waals surface area contributed by atoms with E-state index in [0.29, 0.717) is 0 Å². The van der Waals surface area contributed by atoms with E-state index >= 15 is 0 Å². The highest BCUT2D eigenvalue weighted by molar-refractivity contribution is 7.25. The Balaban J connectivity index is 1.32. The van der Waals surface area contributed by atoms with E-state index in [1.807, 2.05) is 17.4 Å². The molecule has 6 aromatic carbocycles. The monoisotopic (exact) mass is 580 g/mol. The Morgan fingerprint density at radius 3 is 2.02 bits per heavy atom. The maximum atomic E-state index is 5.27. The van der Waals surface area contributed by atoms with Gasteiger partial charge in [0.15, 0.2) is 5.82 Å². The summed E-state index contributed by atoms with van der Waals surface area (Å²) in [4.78, 5) is 10.4. The molecule has 8 aromatic rings. The molecule has 0 aliphatic heterocycles. The third kappa shape index (κ3) is 3.73. The van der Waals surface area contributed by atoms with Crippen molar-refractivity contribution < 1.29 is 0 Å². The van der Waals surface area contributed by atoms with E-state index in [-0.39, 0.29) is 5.41 Å².